The Labute approximate surface area is 100 Å². The molecule has 0 spiro atoms. The molecule has 0 aromatic carbocycles. The fourth-order valence-corrected chi connectivity index (χ4v) is 1.27. The van der Waals surface area contributed by atoms with Gasteiger partial charge in [0.1, 0.15) is 17.9 Å². The summed E-state index contributed by atoms with van der Waals surface area (Å²) in [6, 6.07) is 1.13. The first kappa shape index (κ1) is 13.9. The van der Waals surface area contributed by atoms with Crippen molar-refractivity contribution in [1.29, 1.82) is 0 Å². The standard InChI is InChI=1S/C8H10ClN3O5/c9-8(17,7(16)5(14)3-13)6(15)4-1-2-10-12-11-4/h1-2,5,7,13-14,16-17H,3H2/t5?,7?,8-/m0/s1. The molecular formula is C8H10ClN3O5. The first-order valence-electron chi connectivity index (χ1n) is 4.48. The van der Waals surface area contributed by atoms with Crippen LogP contribution in [0.25, 0.3) is 0 Å². The van der Waals surface area contributed by atoms with Gasteiger partial charge in [-0.25, -0.2) is 0 Å². The third-order valence-electron chi connectivity index (χ3n) is 2.00. The van der Waals surface area contributed by atoms with Gasteiger partial charge in [-0.1, -0.05) is 11.6 Å². The van der Waals surface area contributed by atoms with Gasteiger partial charge in [0.05, 0.1) is 12.8 Å². The number of aliphatic hydroxyl groups is 4. The molecule has 8 nitrogen and oxygen atoms in total. The van der Waals surface area contributed by atoms with Crippen molar-refractivity contribution in [2.75, 3.05) is 6.61 Å². The molecule has 94 valence electrons. The van der Waals surface area contributed by atoms with Gasteiger partial charge < -0.3 is 20.4 Å². The number of alkyl halides is 1. The smallest absolute Gasteiger partial charge is 0.233 e. The molecule has 9 heteroatoms. The summed E-state index contributed by atoms with van der Waals surface area (Å²) in [6.07, 6.45) is -2.70. The summed E-state index contributed by atoms with van der Waals surface area (Å²) in [5, 5.41) is 43.7. The Hall–Kier alpha value is -1.19. The molecule has 4 N–H and O–H groups in total. The van der Waals surface area contributed by atoms with Crippen molar-refractivity contribution in [3.8, 4) is 0 Å². The zero-order chi connectivity index (χ0) is 13.1. The number of aliphatic hydroxyl groups excluding tert-OH is 3. The second-order valence-electron chi connectivity index (χ2n) is 3.20. The Balaban J connectivity index is 2.94. The van der Waals surface area contributed by atoms with Crippen molar-refractivity contribution in [1.82, 2.24) is 15.4 Å². The van der Waals surface area contributed by atoms with Gasteiger partial charge in [0.15, 0.2) is 0 Å². The third-order valence-corrected chi connectivity index (χ3v) is 2.39. The SMILES string of the molecule is O=C(c1ccnnn1)[C@@](O)(Cl)C(O)C(O)CO. The van der Waals surface area contributed by atoms with E-state index in [1.807, 2.05) is 0 Å². The molecule has 0 aliphatic rings. The van der Waals surface area contributed by atoms with Crippen molar-refractivity contribution < 1.29 is 25.2 Å². The van der Waals surface area contributed by atoms with E-state index < -0.39 is 29.7 Å². The Bertz CT molecular complexity index is 388. The minimum absolute atomic E-state index is 0.332. The molecule has 1 aromatic rings. The number of halogens is 1. The van der Waals surface area contributed by atoms with Crippen LogP contribution in [0.1, 0.15) is 10.5 Å². The fourth-order valence-electron chi connectivity index (χ4n) is 1.03. The molecule has 0 aliphatic heterocycles. The molecular weight excluding hydrogens is 254 g/mol. The zero-order valence-electron chi connectivity index (χ0n) is 8.43. The van der Waals surface area contributed by atoms with Crippen LogP contribution < -0.4 is 0 Å². The third kappa shape index (κ3) is 2.93. The van der Waals surface area contributed by atoms with Crippen molar-refractivity contribution in [3.05, 3.63) is 18.0 Å². The van der Waals surface area contributed by atoms with Crippen LogP contribution >= 0.6 is 11.6 Å². The number of hydrogen-bond acceptors (Lipinski definition) is 8. The van der Waals surface area contributed by atoms with Crippen LogP contribution in [0.5, 0.6) is 0 Å². The first-order chi connectivity index (χ1) is 7.91. The zero-order valence-corrected chi connectivity index (χ0v) is 9.19. The molecule has 1 heterocycles. The summed E-state index contributed by atoms with van der Waals surface area (Å²) in [4.78, 5) is 11.7. The lowest BCUT2D eigenvalue weighted by molar-refractivity contribution is -0.0805. The number of Topliss-reactive ketones (excluding diaryl/α,β-unsaturated/α-hetero) is 1. The minimum Gasteiger partial charge on any atom is -0.394 e. The number of ketones is 1. The Morgan fingerprint density at radius 3 is 2.65 bits per heavy atom. The summed E-state index contributed by atoms with van der Waals surface area (Å²) in [5.41, 5.74) is -0.332. The molecule has 1 rings (SSSR count). The van der Waals surface area contributed by atoms with E-state index >= 15 is 0 Å². The normalized spacial score (nSPS) is 18.2. The van der Waals surface area contributed by atoms with Gasteiger partial charge in [-0.05, 0) is 11.3 Å². The number of carbonyl (C=O) groups excluding carboxylic acids is 1. The maximum absolute atomic E-state index is 11.7. The van der Waals surface area contributed by atoms with Gasteiger partial charge in [0, 0.05) is 0 Å². The number of nitrogens with zero attached hydrogens (tertiary/aromatic N) is 3. The minimum atomic E-state index is -2.81. The molecule has 2 unspecified atom stereocenters. The van der Waals surface area contributed by atoms with Gasteiger partial charge in [0.2, 0.25) is 10.8 Å². The second kappa shape index (κ2) is 5.43. The topological polar surface area (TPSA) is 137 Å². The fraction of sp³-hybridized carbons (Fsp3) is 0.500. The lowest BCUT2D eigenvalue weighted by Gasteiger charge is -2.27. The lowest BCUT2D eigenvalue weighted by Crippen LogP contribution is -2.51. The quantitative estimate of drug-likeness (QED) is 0.344. The molecule has 0 aliphatic carbocycles. The average molecular weight is 264 g/mol. The van der Waals surface area contributed by atoms with E-state index in [9.17, 15) is 15.0 Å². The maximum Gasteiger partial charge on any atom is 0.233 e. The summed E-state index contributed by atoms with van der Waals surface area (Å²) >= 11 is 5.44. The summed E-state index contributed by atoms with van der Waals surface area (Å²) in [7, 11) is 0. The van der Waals surface area contributed by atoms with Crippen LogP contribution in [0.15, 0.2) is 12.3 Å². The van der Waals surface area contributed by atoms with Crippen molar-refractivity contribution in [2.24, 2.45) is 0 Å². The van der Waals surface area contributed by atoms with Crippen LogP contribution in [0, 0.1) is 0 Å². The number of hydrogen-bond donors (Lipinski definition) is 4. The van der Waals surface area contributed by atoms with Gasteiger partial charge >= 0.3 is 0 Å². The Morgan fingerprint density at radius 1 is 1.53 bits per heavy atom. The van der Waals surface area contributed by atoms with Gasteiger partial charge in [-0.15, -0.1) is 10.2 Å². The van der Waals surface area contributed by atoms with E-state index in [1.165, 1.54) is 0 Å². The van der Waals surface area contributed by atoms with Crippen LogP contribution in [0.2, 0.25) is 0 Å². The molecule has 0 radical (unpaired) electrons. The highest BCUT2D eigenvalue weighted by Crippen LogP contribution is 2.23. The predicted molar refractivity (Wildman–Crippen MR) is 54.1 cm³/mol. The van der Waals surface area contributed by atoms with Crippen LogP contribution in [0.4, 0.5) is 0 Å². The number of rotatable bonds is 5. The van der Waals surface area contributed by atoms with Gasteiger partial charge in [-0.2, -0.15) is 0 Å². The molecule has 0 amide bonds. The monoisotopic (exact) mass is 263 g/mol. The van der Waals surface area contributed by atoms with E-state index in [2.05, 4.69) is 15.4 Å². The van der Waals surface area contributed by atoms with E-state index in [4.69, 9.17) is 21.8 Å². The molecule has 0 bridgehead atoms. The molecule has 0 saturated carbocycles. The average Bonchev–Trinajstić information content (AvgIpc) is 2.36. The van der Waals surface area contributed by atoms with E-state index in [1.54, 1.807) is 0 Å². The molecule has 1 aromatic heterocycles. The molecule has 17 heavy (non-hydrogen) atoms. The highest BCUT2D eigenvalue weighted by Gasteiger charge is 2.46. The Morgan fingerprint density at radius 2 is 2.18 bits per heavy atom. The second-order valence-corrected chi connectivity index (χ2v) is 3.78. The van der Waals surface area contributed by atoms with Crippen molar-refractivity contribution in [2.45, 2.75) is 17.3 Å². The molecule has 0 saturated heterocycles. The summed E-state index contributed by atoms with van der Waals surface area (Å²) in [6.45, 7) is -0.870. The van der Waals surface area contributed by atoms with Crippen LogP contribution in [-0.2, 0) is 0 Å². The molecule has 0 fully saturated rings. The van der Waals surface area contributed by atoms with E-state index in [0.717, 1.165) is 12.3 Å². The van der Waals surface area contributed by atoms with E-state index in [0.29, 0.717) is 0 Å². The van der Waals surface area contributed by atoms with Crippen LogP contribution in [-0.4, -0.2) is 65.5 Å². The maximum atomic E-state index is 11.7. The highest BCUT2D eigenvalue weighted by atomic mass is 35.5. The summed E-state index contributed by atoms with van der Waals surface area (Å²) < 4.78 is 0. The van der Waals surface area contributed by atoms with E-state index in [-0.39, 0.29) is 5.69 Å². The highest BCUT2D eigenvalue weighted by molar-refractivity contribution is 6.36. The van der Waals surface area contributed by atoms with Crippen LogP contribution in [0.3, 0.4) is 0 Å². The molecule has 3 atom stereocenters. The van der Waals surface area contributed by atoms with Gasteiger partial charge in [-0.3, -0.25) is 4.79 Å². The lowest BCUT2D eigenvalue weighted by atomic mass is 10.0. The van der Waals surface area contributed by atoms with Gasteiger partial charge in [0.25, 0.3) is 0 Å². The largest absolute Gasteiger partial charge is 0.394 e. The first-order valence-corrected chi connectivity index (χ1v) is 4.86. The predicted octanol–water partition coefficient (Wildman–Crippen LogP) is -2.30. The summed E-state index contributed by atoms with van der Waals surface area (Å²) in [5.74, 6) is -1.16. The van der Waals surface area contributed by atoms with Crippen molar-refractivity contribution >= 4 is 17.4 Å². The number of carbonyl (C=O) groups is 1. The Kier molecular flexibility index (Phi) is 4.43. The number of aromatic nitrogens is 3. The van der Waals surface area contributed by atoms with Crippen molar-refractivity contribution in [3.63, 3.8) is 0 Å².